The van der Waals surface area contributed by atoms with Crippen molar-refractivity contribution in [3.8, 4) is 0 Å². The summed E-state index contributed by atoms with van der Waals surface area (Å²) in [4.78, 5) is 6.72. The molecule has 4 nitrogen and oxygen atoms in total. The Hall–Kier alpha value is -0.820. The number of aliphatic imine (C=N–C) groups is 1. The molecular formula is C18H31IN4. The van der Waals surface area contributed by atoms with Gasteiger partial charge in [0.2, 0.25) is 0 Å². The summed E-state index contributed by atoms with van der Waals surface area (Å²) in [5, 5.41) is 6.91. The fourth-order valence-corrected chi connectivity index (χ4v) is 3.00. The molecule has 1 fully saturated rings. The van der Waals surface area contributed by atoms with E-state index in [1.807, 2.05) is 7.05 Å². The van der Waals surface area contributed by atoms with Crippen LogP contribution in [0.2, 0.25) is 0 Å². The SMILES string of the molecule is CN=C(NCC1CCN(C)C1)NCC(C)c1cccc(C)c1.I. The zero-order valence-corrected chi connectivity index (χ0v) is 17.1. The number of hydrogen-bond donors (Lipinski definition) is 2. The third kappa shape index (κ3) is 6.67. The van der Waals surface area contributed by atoms with Gasteiger partial charge in [-0.15, -0.1) is 24.0 Å². The number of nitrogens with zero attached hydrogens (tertiary/aromatic N) is 2. The number of guanidine groups is 1. The summed E-state index contributed by atoms with van der Waals surface area (Å²) in [6, 6.07) is 8.73. The Balaban J connectivity index is 0.00000264. The van der Waals surface area contributed by atoms with Crippen molar-refractivity contribution in [2.75, 3.05) is 40.3 Å². The van der Waals surface area contributed by atoms with Gasteiger partial charge >= 0.3 is 0 Å². The quantitative estimate of drug-likeness (QED) is 0.429. The average Bonchev–Trinajstić information content (AvgIpc) is 2.92. The molecule has 0 aromatic heterocycles. The molecule has 2 unspecified atom stereocenters. The molecular weight excluding hydrogens is 399 g/mol. The predicted molar refractivity (Wildman–Crippen MR) is 110 cm³/mol. The van der Waals surface area contributed by atoms with Gasteiger partial charge in [0, 0.05) is 26.7 Å². The summed E-state index contributed by atoms with van der Waals surface area (Å²) >= 11 is 0. The maximum atomic E-state index is 4.33. The fourth-order valence-electron chi connectivity index (χ4n) is 3.00. The molecule has 5 heteroatoms. The highest BCUT2D eigenvalue weighted by molar-refractivity contribution is 14.0. The second-order valence-corrected chi connectivity index (χ2v) is 6.57. The molecule has 2 atom stereocenters. The van der Waals surface area contributed by atoms with Crippen LogP contribution in [0.3, 0.4) is 0 Å². The first-order chi connectivity index (χ1) is 10.6. The fraction of sp³-hybridized carbons (Fsp3) is 0.611. The highest BCUT2D eigenvalue weighted by atomic mass is 127. The molecule has 1 aliphatic heterocycles. The maximum Gasteiger partial charge on any atom is 0.191 e. The van der Waals surface area contributed by atoms with E-state index in [1.54, 1.807) is 0 Å². The second kappa shape index (κ2) is 10.1. The van der Waals surface area contributed by atoms with Crippen molar-refractivity contribution in [1.82, 2.24) is 15.5 Å². The maximum absolute atomic E-state index is 4.33. The topological polar surface area (TPSA) is 39.7 Å². The average molecular weight is 430 g/mol. The van der Waals surface area contributed by atoms with Gasteiger partial charge in [-0.3, -0.25) is 4.99 Å². The lowest BCUT2D eigenvalue weighted by Crippen LogP contribution is -2.41. The van der Waals surface area contributed by atoms with Crippen LogP contribution in [0.1, 0.15) is 30.4 Å². The van der Waals surface area contributed by atoms with Crippen molar-refractivity contribution in [2.24, 2.45) is 10.9 Å². The van der Waals surface area contributed by atoms with Crippen LogP contribution in [0.15, 0.2) is 29.3 Å². The second-order valence-electron chi connectivity index (χ2n) is 6.57. The Bertz CT molecular complexity index is 504. The van der Waals surface area contributed by atoms with Crippen LogP contribution in [-0.2, 0) is 0 Å². The zero-order chi connectivity index (χ0) is 15.9. The third-order valence-corrected chi connectivity index (χ3v) is 4.46. The van der Waals surface area contributed by atoms with Crippen LogP contribution >= 0.6 is 24.0 Å². The minimum atomic E-state index is 0. The third-order valence-electron chi connectivity index (χ3n) is 4.46. The Morgan fingerprint density at radius 2 is 2.17 bits per heavy atom. The molecule has 1 heterocycles. The van der Waals surface area contributed by atoms with E-state index >= 15 is 0 Å². The number of nitrogens with one attached hydrogen (secondary N) is 2. The van der Waals surface area contributed by atoms with Crippen LogP contribution in [0.4, 0.5) is 0 Å². The molecule has 0 saturated carbocycles. The molecule has 0 aliphatic carbocycles. The van der Waals surface area contributed by atoms with Crippen LogP contribution in [0.25, 0.3) is 0 Å². The van der Waals surface area contributed by atoms with Gasteiger partial charge in [0.05, 0.1) is 0 Å². The summed E-state index contributed by atoms with van der Waals surface area (Å²) < 4.78 is 0. The van der Waals surface area contributed by atoms with E-state index in [4.69, 9.17) is 0 Å². The normalized spacial score (nSPS) is 20.0. The van der Waals surface area contributed by atoms with Gasteiger partial charge in [0.25, 0.3) is 0 Å². The molecule has 1 aromatic carbocycles. The molecule has 130 valence electrons. The summed E-state index contributed by atoms with van der Waals surface area (Å²) in [6.07, 6.45) is 1.28. The van der Waals surface area contributed by atoms with Crippen molar-refractivity contribution >= 4 is 29.9 Å². The first-order valence-electron chi connectivity index (χ1n) is 8.28. The molecule has 0 spiro atoms. The smallest absolute Gasteiger partial charge is 0.191 e. The lowest BCUT2D eigenvalue weighted by Gasteiger charge is -2.18. The minimum absolute atomic E-state index is 0. The number of hydrogen-bond acceptors (Lipinski definition) is 2. The van der Waals surface area contributed by atoms with E-state index in [9.17, 15) is 0 Å². The van der Waals surface area contributed by atoms with Crippen LogP contribution < -0.4 is 10.6 Å². The van der Waals surface area contributed by atoms with Gasteiger partial charge < -0.3 is 15.5 Å². The van der Waals surface area contributed by atoms with Crippen LogP contribution in [0, 0.1) is 12.8 Å². The summed E-state index contributed by atoms with van der Waals surface area (Å²) in [6.45, 7) is 8.69. The highest BCUT2D eigenvalue weighted by Crippen LogP contribution is 2.15. The van der Waals surface area contributed by atoms with Gasteiger partial charge in [-0.05, 0) is 44.3 Å². The van der Waals surface area contributed by atoms with Gasteiger partial charge in [-0.1, -0.05) is 36.8 Å². The number of benzene rings is 1. The van der Waals surface area contributed by atoms with Crippen molar-refractivity contribution in [3.63, 3.8) is 0 Å². The molecule has 2 N–H and O–H groups in total. The van der Waals surface area contributed by atoms with Crippen molar-refractivity contribution in [2.45, 2.75) is 26.2 Å². The van der Waals surface area contributed by atoms with Crippen molar-refractivity contribution in [3.05, 3.63) is 35.4 Å². The molecule has 0 radical (unpaired) electrons. The monoisotopic (exact) mass is 430 g/mol. The number of aryl methyl sites for hydroxylation is 1. The Morgan fingerprint density at radius 3 is 2.78 bits per heavy atom. The number of likely N-dealkylation sites (tertiary alicyclic amines) is 1. The van der Waals surface area contributed by atoms with Crippen molar-refractivity contribution < 1.29 is 0 Å². The summed E-state index contributed by atoms with van der Waals surface area (Å²) in [7, 11) is 4.03. The molecule has 0 amide bonds. The number of rotatable bonds is 5. The lowest BCUT2D eigenvalue weighted by atomic mass is 9.99. The summed E-state index contributed by atoms with van der Waals surface area (Å²) in [5.74, 6) is 2.11. The Morgan fingerprint density at radius 1 is 1.39 bits per heavy atom. The molecule has 23 heavy (non-hydrogen) atoms. The largest absolute Gasteiger partial charge is 0.356 e. The summed E-state index contributed by atoms with van der Waals surface area (Å²) in [5.41, 5.74) is 2.69. The van der Waals surface area contributed by atoms with Gasteiger partial charge in [0.1, 0.15) is 0 Å². The van der Waals surface area contributed by atoms with E-state index in [0.29, 0.717) is 5.92 Å². The zero-order valence-electron chi connectivity index (χ0n) is 14.8. The van der Waals surface area contributed by atoms with E-state index in [1.165, 1.54) is 30.6 Å². The van der Waals surface area contributed by atoms with E-state index in [-0.39, 0.29) is 24.0 Å². The van der Waals surface area contributed by atoms with Crippen LogP contribution in [0.5, 0.6) is 0 Å². The Labute approximate surface area is 158 Å². The first kappa shape index (κ1) is 20.2. The van der Waals surface area contributed by atoms with Gasteiger partial charge in [0.15, 0.2) is 5.96 Å². The standard InChI is InChI=1S/C18H30N4.HI/c1-14-6-5-7-17(10-14)15(2)11-20-18(19-3)21-12-16-8-9-22(4)13-16;/h5-7,10,15-16H,8-9,11-13H2,1-4H3,(H2,19,20,21);1H. The lowest BCUT2D eigenvalue weighted by molar-refractivity contribution is 0.394. The first-order valence-corrected chi connectivity index (χ1v) is 8.28. The van der Waals surface area contributed by atoms with Gasteiger partial charge in [-0.2, -0.15) is 0 Å². The Kier molecular flexibility index (Phi) is 8.91. The molecule has 0 bridgehead atoms. The predicted octanol–water partition coefficient (Wildman–Crippen LogP) is 2.83. The highest BCUT2D eigenvalue weighted by Gasteiger charge is 2.19. The molecule has 2 rings (SSSR count). The van der Waals surface area contributed by atoms with Crippen LogP contribution in [-0.4, -0.2) is 51.1 Å². The molecule has 1 saturated heterocycles. The minimum Gasteiger partial charge on any atom is -0.356 e. The van der Waals surface area contributed by atoms with E-state index in [2.05, 4.69) is 65.7 Å². The van der Waals surface area contributed by atoms with Crippen molar-refractivity contribution in [1.29, 1.82) is 0 Å². The molecule has 1 aliphatic rings. The van der Waals surface area contributed by atoms with E-state index < -0.39 is 0 Å². The number of halogens is 1. The van der Waals surface area contributed by atoms with E-state index in [0.717, 1.165) is 25.0 Å². The van der Waals surface area contributed by atoms with Gasteiger partial charge in [-0.25, -0.2) is 0 Å². The molecule has 1 aromatic rings.